The number of aliphatic hydroxyl groups excluding tert-OH is 1. The number of hydrogen-bond acceptors (Lipinski definition) is 3. The minimum atomic E-state index is -0.579. The fourth-order valence-electron chi connectivity index (χ4n) is 0.993. The SMILES string of the molecule is OC[C@H](NO)c1ccc(Cl)cc1Cl. The van der Waals surface area contributed by atoms with Gasteiger partial charge in [0, 0.05) is 10.0 Å². The van der Waals surface area contributed by atoms with E-state index in [1.54, 1.807) is 18.2 Å². The largest absolute Gasteiger partial charge is 0.394 e. The number of hydroxylamine groups is 1. The molecular weight excluding hydrogens is 213 g/mol. The highest BCUT2D eigenvalue weighted by Gasteiger charge is 2.12. The van der Waals surface area contributed by atoms with Crippen LogP contribution in [0.25, 0.3) is 0 Å². The number of halogens is 2. The van der Waals surface area contributed by atoms with Gasteiger partial charge in [-0.2, -0.15) is 5.48 Å². The van der Waals surface area contributed by atoms with Crippen LogP contribution in [0.3, 0.4) is 0 Å². The van der Waals surface area contributed by atoms with Crippen LogP contribution in [0, 0.1) is 0 Å². The second-order valence-electron chi connectivity index (χ2n) is 2.53. The average molecular weight is 222 g/mol. The first-order chi connectivity index (χ1) is 6.19. The van der Waals surface area contributed by atoms with E-state index in [4.69, 9.17) is 33.5 Å². The molecule has 0 aliphatic heterocycles. The molecule has 0 saturated heterocycles. The number of benzene rings is 1. The highest BCUT2D eigenvalue weighted by atomic mass is 35.5. The van der Waals surface area contributed by atoms with Crippen LogP contribution in [-0.2, 0) is 0 Å². The molecule has 0 aliphatic carbocycles. The van der Waals surface area contributed by atoms with Crippen LogP contribution in [0.1, 0.15) is 11.6 Å². The van der Waals surface area contributed by atoms with E-state index in [2.05, 4.69) is 0 Å². The summed E-state index contributed by atoms with van der Waals surface area (Å²) in [5, 5.41) is 18.5. The third-order valence-electron chi connectivity index (χ3n) is 1.68. The van der Waals surface area contributed by atoms with Gasteiger partial charge in [0.25, 0.3) is 0 Å². The highest BCUT2D eigenvalue weighted by Crippen LogP contribution is 2.25. The monoisotopic (exact) mass is 221 g/mol. The Bertz CT molecular complexity index is 289. The molecule has 3 N–H and O–H groups in total. The van der Waals surface area contributed by atoms with Gasteiger partial charge in [0.15, 0.2) is 0 Å². The fourth-order valence-corrected chi connectivity index (χ4v) is 1.53. The van der Waals surface area contributed by atoms with Gasteiger partial charge in [-0.25, -0.2) is 0 Å². The number of nitrogens with one attached hydrogen (secondary N) is 1. The van der Waals surface area contributed by atoms with E-state index < -0.39 is 6.04 Å². The molecule has 0 aliphatic rings. The Morgan fingerprint density at radius 1 is 1.38 bits per heavy atom. The summed E-state index contributed by atoms with van der Waals surface area (Å²) in [5.41, 5.74) is 2.56. The summed E-state index contributed by atoms with van der Waals surface area (Å²) in [4.78, 5) is 0. The first-order valence-corrected chi connectivity index (χ1v) is 4.40. The third kappa shape index (κ3) is 2.56. The van der Waals surface area contributed by atoms with Crippen LogP contribution in [0.5, 0.6) is 0 Å². The lowest BCUT2D eigenvalue weighted by Crippen LogP contribution is -2.20. The summed E-state index contributed by atoms with van der Waals surface area (Å²) in [6.07, 6.45) is 0. The first-order valence-electron chi connectivity index (χ1n) is 3.64. The van der Waals surface area contributed by atoms with Gasteiger partial charge in [0.2, 0.25) is 0 Å². The van der Waals surface area contributed by atoms with Crippen molar-refractivity contribution in [3.8, 4) is 0 Å². The van der Waals surface area contributed by atoms with Crippen LogP contribution in [-0.4, -0.2) is 16.9 Å². The molecule has 0 fully saturated rings. The van der Waals surface area contributed by atoms with Crippen LogP contribution >= 0.6 is 23.2 Å². The van der Waals surface area contributed by atoms with E-state index in [-0.39, 0.29) is 6.61 Å². The van der Waals surface area contributed by atoms with E-state index in [1.165, 1.54) is 0 Å². The summed E-state index contributed by atoms with van der Waals surface area (Å²) >= 11 is 11.5. The molecular formula is C8H9Cl2NO2. The smallest absolute Gasteiger partial charge is 0.0814 e. The molecule has 0 aromatic heterocycles. The van der Waals surface area contributed by atoms with E-state index in [1.807, 2.05) is 5.48 Å². The maximum atomic E-state index is 8.86. The van der Waals surface area contributed by atoms with Crippen molar-refractivity contribution in [2.75, 3.05) is 6.61 Å². The molecule has 1 rings (SSSR count). The highest BCUT2D eigenvalue weighted by molar-refractivity contribution is 6.35. The Hall–Kier alpha value is -0.320. The Labute approximate surface area is 85.9 Å². The first kappa shape index (κ1) is 10.8. The van der Waals surface area contributed by atoms with Gasteiger partial charge in [-0.1, -0.05) is 29.3 Å². The van der Waals surface area contributed by atoms with Gasteiger partial charge in [-0.05, 0) is 17.7 Å². The predicted octanol–water partition coefficient (Wildman–Crippen LogP) is 2.01. The van der Waals surface area contributed by atoms with Gasteiger partial charge < -0.3 is 10.3 Å². The molecule has 13 heavy (non-hydrogen) atoms. The zero-order chi connectivity index (χ0) is 9.84. The van der Waals surface area contributed by atoms with Crippen molar-refractivity contribution in [1.82, 2.24) is 5.48 Å². The normalized spacial score (nSPS) is 12.9. The lowest BCUT2D eigenvalue weighted by molar-refractivity contribution is 0.0906. The average Bonchev–Trinajstić information content (AvgIpc) is 2.10. The van der Waals surface area contributed by atoms with Crippen LogP contribution in [0.15, 0.2) is 18.2 Å². The number of rotatable bonds is 3. The van der Waals surface area contributed by atoms with Crippen molar-refractivity contribution >= 4 is 23.2 Å². The summed E-state index contributed by atoms with van der Waals surface area (Å²) in [6.45, 7) is -0.238. The van der Waals surface area contributed by atoms with Crippen molar-refractivity contribution in [2.24, 2.45) is 0 Å². The maximum absolute atomic E-state index is 8.86. The van der Waals surface area contributed by atoms with E-state index in [0.717, 1.165) is 0 Å². The number of aliphatic hydroxyl groups is 1. The molecule has 0 spiro atoms. The van der Waals surface area contributed by atoms with E-state index in [9.17, 15) is 0 Å². The molecule has 0 saturated carbocycles. The Balaban J connectivity index is 2.99. The second-order valence-corrected chi connectivity index (χ2v) is 3.37. The maximum Gasteiger partial charge on any atom is 0.0814 e. The lowest BCUT2D eigenvalue weighted by atomic mass is 10.1. The van der Waals surface area contributed by atoms with Gasteiger partial charge in [-0.15, -0.1) is 0 Å². The summed E-state index contributed by atoms with van der Waals surface area (Å²) in [5.74, 6) is 0. The van der Waals surface area contributed by atoms with E-state index >= 15 is 0 Å². The van der Waals surface area contributed by atoms with Gasteiger partial charge in [0.1, 0.15) is 0 Å². The lowest BCUT2D eigenvalue weighted by Gasteiger charge is -2.13. The third-order valence-corrected chi connectivity index (χ3v) is 2.24. The van der Waals surface area contributed by atoms with Gasteiger partial charge in [0.05, 0.1) is 12.6 Å². The molecule has 0 unspecified atom stereocenters. The summed E-state index contributed by atoms with van der Waals surface area (Å²) < 4.78 is 0. The van der Waals surface area contributed by atoms with Crippen molar-refractivity contribution in [2.45, 2.75) is 6.04 Å². The zero-order valence-corrected chi connectivity index (χ0v) is 8.18. The van der Waals surface area contributed by atoms with Crippen molar-refractivity contribution < 1.29 is 10.3 Å². The molecule has 0 amide bonds. The predicted molar refractivity (Wildman–Crippen MR) is 51.2 cm³/mol. The minimum absolute atomic E-state index is 0.238. The second kappa shape index (κ2) is 4.79. The Morgan fingerprint density at radius 3 is 2.54 bits per heavy atom. The standard InChI is InChI=1S/C8H9Cl2NO2/c9-5-1-2-6(7(10)3-5)8(4-12)11-13/h1-3,8,11-13H,4H2/t8-/m0/s1. The molecule has 3 nitrogen and oxygen atoms in total. The fraction of sp³-hybridized carbons (Fsp3) is 0.250. The molecule has 0 bridgehead atoms. The van der Waals surface area contributed by atoms with Crippen LogP contribution < -0.4 is 5.48 Å². The molecule has 72 valence electrons. The Morgan fingerprint density at radius 2 is 2.08 bits per heavy atom. The van der Waals surface area contributed by atoms with Crippen LogP contribution in [0.2, 0.25) is 10.0 Å². The molecule has 0 radical (unpaired) electrons. The van der Waals surface area contributed by atoms with Crippen molar-refractivity contribution in [1.29, 1.82) is 0 Å². The molecule has 0 heterocycles. The van der Waals surface area contributed by atoms with Crippen molar-refractivity contribution in [3.05, 3.63) is 33.8 Å². The zero-order valence-electron chi connectivity index (χ0n) is 6.67. The molecule has 1 atom stereocenters. The van der Waals surface area contributed by atoms with E-state index in [0.29, 0.717) is 15.6 Å². The van der Waals surface area contributed by atoms with Crippen molar-refractivity contribution in [3.63, 3.8) is 0 Å². The van der Waals surface area contributed by atoms with Gasteiger partial charge in [-0.3, -0.25) is 0 Å². The molecule has 1 aromatic rings. The van der Waals surface area contributed by atoms with Crippen LogP contribution in [0.4, 0.5) is 0 Å². The molecule has 5 heteroatoms. The summed E-state index contributed by atoms with van der Waals surface area (Å²) in [7, 11) is 0. The minimum Gasteiger partial charge on any atom is -0.394 e. The topological polar surface area (TPSA) is 52.5 Å². The quantitative estimate of drug-likeness (QED) is 0.685. The van der Waals surface area contributed by atoms with Gasteiger partial charge >= 0.3 is 0 Å². The summed E-state index contributed by atoms with van der Waals surface area (Å²) in [6, 6.07) is 4.26. The Kier molecular flexibility index (Phi) is 3.96. The number of hydrogen-bond donors (Lipinski definition) is 3. The molecule has 1 aromatic carbocycles.